The van der Waals surface area contributed by atoms with Crippen molar-refractivity contribution < 1.29 is 4.79 Å². The fourth-order valence-corrected chi connectivity index (χ4v) is 2.15. The van der Waals surface area contributed by atoms with Crippen molar-refractivity contribution in [1.82, 2.24) is 10.3 Å². The topological polar surface area (TPSA) is 54.0 Å². The molecule has 1 unspecified atom stereocenters. The van der Waals surface area contributed by atoms with Crippen molar-refractivity contribution in [1.29, 1.82) is 0 Å². The summed E-state index contributed by atoms with van der Waals surface area (Å²) in [5.41, 5.74) is 0.489. The van der Waals surface area contributed by atoms with Gasteiger partial charge >= 0.3 is 0 Å². The van der Waals surface area contributed by atoms with Crippen LogP contribution in [0.2, 0.25) is 5.02 Å². The number of carbonyl (C=O) groups excluding carboxylic acids is 1. The summed E-state index contributed by atoms with van der Waals surface area (Å²) in [6.07, 6.45) is 4.93. The fourth-order valence-electron chi connectivity index (χ4n) is 1.96. The Morgan fingerprint density at radius 1 is 1.58 bits per heavy atom. The first-order valence-electron chi connectivity index (χ1n) is 6.82. The van der Waals surface area contributed by atoms with Crippen molar-refractivity contribution in [2.24, 2.45) is 5.92 Å². The standard InChI is InChI=1S/C14H20ClN3O/c1-3-6-16-13-7-11(12(15)8-17-13)14(19)18-9(2)10-4-5-10/h7-10H,3-6H2,1-2H3,(H,16,17)(H,18,19). The zero-order valence-electron chi connectivity index (χ0n) is 11.4. The number of hydrogen-bond donors (Lipinski definition) is 2. The normalized spacial score (nSPS) is 15.9. The Hall–Kier alpha value is -1.29. The van der Waals surface area contributed by atoms with Crippen LogP contribution in [0.15, 0.2) is 12.3 Å². The maximum atomic E-state index is 12.2. The highest BCUT2D eigenvalue weighted by Crippen LogP contribution is 2.32. The minimum Gasteiger partial charge on any atom is -0.370 e. The molecule has 2 N–H and O–H groups in total. The molecule has 1 amide bonds. The van der Waals surface area contributed by atoms with Gasteiger partial charge in [0.15, 0.2) is 0 Å². The zero-order chi connectivity index (χ0) is 13.8. The smallest absolute Gasteiger partial charge is 0.253 e. The second kappa shape index (κ2) is 6.24. The lowest BCUT2D eigenvalue weighted by molar-refractivity contribution is 0.0936. The molecule has 0 aliphatic heterocycles. The SMILES string of the molecule is CCCNc1cc(C(=O)NC(C)C2CC2)c(Cl)cn1. The monoisotopic (exact) mass is 281 g/mol. The first-order chi connectivity index (χ1) is 9.11. The van der Waals surface area contributed by atoms with Crippen molar-refractivity contribution >= 4 is 23.3 Å². The number of nitrogens with one attached hydrogen (secondary N) is 2. The largest absolute Gasteiger partial charge is 0.370 e. The van der Waals surface area contributed by atoms with Gasteiger partial charge in [-0.2, -0.15) is 0 Å². The summed E-state index contributed by atoms with van der Waals surface area (Å²) in [4.78, 5) is 16.3. The highest BCUT2D eigenvalue weighted by Gasteiger charge is 2.29. The van der Waals surface area contributed by atoms with Gasteiger partial charge in [-0.1, -0.05) is 18.5 Å². The average molecular weight is 282 g/mol. The summed E-state index contributed by atoms with van der Waals surface area (Å²) in [7, 11) is 0. The predicted octanol–water partition coefficient (Wildman–Crippen LogP) is 3.09. The van der Waals surface area contributed by atoms with Gasteiger partial charge < -0.3 is 10.6 Å². The molecule has 19 heavy (non-hydrogen) atoms. The lowest BCUT2D eigenvalue weighted by atomic mass is 10.2. The molecule has 1 aromatic rings. The molecule has 1 heterocycles. The molecule has 0 spiro atoms. The summed E-state index contributed by atoms with van der Waals surface area (Å²) in [5.74, 6) is 1.20. The minimum atomic E-state index is -0.119. The Labute approximate surface area is 118 Å². The number of nitrogens with zero attached hydrogens (tertiary/aromatic N) is 1. The maximum absolute atomic E-state index is 12.2. The summed E-state index contributed by atoms with van der Waals surface area (Å²) >= 11 is 6.05. The summed E-state index contributed by atoms with van der Waals surface area (Å²) in [6, 6.07) is 1.93. The first-order valence-corrected chi connectivity index (χ1v) is 7.20. The van der Waals surface area contributed by atoms with Crippen LogP contribution >= 0.6 is 11.6 Å². The molecule has 0 saturated heterocycles. The van der Waals surface area contributed by atoms with Crippen LogP contribution in [-0.4, -0.2) is 23.5 Å². The van der Waals surface area contributed by atoms with Crippen molar-refractivity contribution in [2.45, 2.75) is 39.2 Å². The number of amides is 1. The van der Waals surface area contributed by atoms with Crippen molar-refractivity contribution in [2.75, 3.05) is 11.9 Å². The quantitative estimate of drug-likeness (QED) is 0.842. The molecule has 1 atom stereocenters. The molecule has 2 rings (SSSR count). The second-order valence-electron chi connectivity index (χ2n) is 5.08. The van der Waals surface area contributed by atoms with Gasteiger partial charge in [0.25, 0.3) is 5.91 Å². The summed E-state index contributed by atoms with van der Waals surface area (Å²) in [6.45, 7) is 4.95. The number of anilines is 1. The van der Waals surface area contributed by atoms with Gasteiger partial charge in [0.05, 0.1) is 10.6 Å². The highest BCUT2D eigenvalue weighted by molar-refractivity contribution is 6.33. The van der Waals surface area contributed by atoms with Crippen LogP contribution in [0.25, 0.3) is 0 Å². The van der Waals surface area contributed by atoms with Crippen LogP contribution in [0, 0.1) is 5.92 Å². The third-order valence-electron chi connectivity index (χ3n) is 3.34. The molecule has 1 fully saturated rings. The van der Waals surface area contributed by atoms with Gasteiger partial charge in [-0.25, -0.2) is 4.98 Å². The fraction of sp³-hybridized carbons (Fsp3) is 0.571. The van der Waals surface area contributed by atoms with E-state index in [1.165, 1.54) is 19.0 Å². The Kier molecular flexibility index (Phi) is 4.64. The average Bonchev–Trinajstić information content (AvgIpc) is 3.21. The molecular weight excluding hydrogens is 262 g/mol. The number of halogens is 1. The van der Waals surface area contributed by atoms with E-state index in [2.05, 4.69) is 22.5 Å². The first kappa shape index (κ1) is 14.1. The molecule has 1 aliphatic carbocycles. The Bertz CT molecular complexity index is 460. The van der Waals surface area contributed by atoms with E-state index >= 15 is 0 Å². The molecule has 0 radical (unpaired) electrons. The van der Waals surface area contributed by atoms with Crippen LogP contribution in [0.4, 0.5) is 5.82 Å². The van der Waals surface area contributed by atoms with Crippen LogP contribution in [0.5, 0.6) is 0 Å². The molecular formula is C14H20ClN3O. The van der Waals surface area contributed by atoms with E-state index in [1.807, 2.05) is 6.92 Å². The molecule has 4 nitrogen and oxygen atoms in total. The van der Waals surface area contributed by atoms with Crippen LogP contribution < -0.4 is 10.6 Å². The predicted molar refractivity (Wildman–Crippen MR) is 77.7 cm³/mol. The van der Waals surface area contributed by atoms with Gasteiger partial charge in [0.2, 0.25) is 0 Å². The van der Waals surface area contributed by atoms with Gasteiger partial charge in [0.1, 0.15) is 5.82 Å². The Balaban J connectivity index is 2.05. The van der Waals surface area contributed by atoms with E-state index in [-0.39, 0.29) is 11.9 Å². The lowest BCUT2D eigenvalue weighted by Crippen LogP contribution is -2.34. The molecule has 0 aromatic carbocycles. The zero-order valence-corrected chi connectivity index (χ0v) is 12.1. The van der Waals surface area contributed by atoms with Crippen molar-refractivity contribution in [3.8, 4) is 0 Å². The molecule has 0 bridgehead atoms. The van der Waals surface area contributed by atoms with Crippen LogP contribution in [0.1, 0.15) is 43.5 Å². The number of pyridine rings is 1. The Morgan fingerprint density at radius 3 is 2.95 bits per heavy atom. The van der Waals surface area contributed by atoms with Gasteiger partial charge in [-0.15, -0.1) is 0 Å². The van der Waals surface area contributed by atoms with Crippen LogP contribution in [0.3, 0.4) is 0 Å². The third-order valence-corrected chi connectivity index (χ3v) is 3.65. The van der Waals surface area contributed by atoms with E-state index in [0.29, 0.717) is 22.3 Å². The van der Waals surface area contributed by atoms with Crippen molar-refractivity contribution in [3.63, 3.8) is 0 Å². The number of aromatic nitrogens is 1. The summed E-state index contributed by atoms with van der Waals surface area (Å²) < 4.78 is 0. The minimum absolute atomic E-state index is 0.119. The molecule has 104 valence electrons. The van der Waals surface area contributed by atoms with E-state index in [1.54, 1.807) is 6.07 Å². The van der Waals surface area contributed by atoms with E-state index in [9.17, 15) is 4.79 Å². The number of hydrogen-bond acceptors (Lipinski definition) is 3. The number of carbonyl (C=O) groups is 1. The molecule has 1 saturated carbocycles. The van der Waals surface area contributed by atoms with Gasteiger partial charge in [-0.3, -0.25) is 4.79 Å². The lowest BCUT2D eigenvalue weighted by Gasteiger charge is -2.14. The maximum Gasteiger partial charge on any atom is 0.253 e. The molecule has 1 aromatic heterocycles. The van der Waals surface area contributed by atoms with E-state index < -0.39 is 0 Å². The highest BCUT2D eigenvalue weighted by atomic mass is 35.5. The van der Waals surface area contributed by atoms with E-state index in [4.69, 9.17) is 11.6 Å². The third kappa shape index (κ3) is 3.83. The van der Waals surface area contributed by atoms with E-state index in [0.717, 1.165) is 13.0 Å². The van der Waals surface area contributed by atoms with Crippen molar-refractivity contribution in [3.05, 3.63) is 22.8 Å². The van der Waals surface area contributed by atoms with Crippen LogP contribution in [-0.2, 0) is 0 Å². The van der Waals surface area contributed by atoms with Gasteiger partial charge in [-0.05, 0) is 38.2 Å². The second-order valence-corrected chi connectivity index (χ2v) is 5.48. The summed E-state index contributed by atoms with van der Waals surface area (Å²) in [5, 5.41) is 6.55. The van der Waals surface area contributed by atoms with Gasteiger partial charge in [0, 0.05) is 18.8 Å². The number of rotatable bonds is 6. The molecule has 5 heteroatoms. The molecule has 1 aliphatic rings. The Morgan fingerprint density at radius 2 is 2.32 bits per heavy atom.